The van der Waals surface area contributed by atoms with E-state index in [1.807, 2.05) is 6.92 Å². The average molecular weight is 282 g/mol. The molecule has 1 saturated heterocycles. The second kappa shape index (κ2) is 5.61. The van der Waals surface area contributed by atoms with Gasteiger partial charge in [-0.15, -0.1) is 0 Å². The molecule has 0 saturated carbocycles. The zero-order valence-electron chi connectivity index (χ0n) is 10.7. The maximum Gasteiger partial charge on any atom is 0.306 e. The van der Waals surface area contributed by atoms with Gasteiger partial charge in [0.15, 0.2) is 0 Å². The van der Waals surface area contributed by atoms with Crippen LogP contribution in [0.3, 0.4) is 0 Å². The summed E-state index contributed by atoms with van der Waals surface area (Å²) in [6.45, 7) is 2.85. The fourth-order valence-electron chi connectivity index (χ4n) is 2.37. The number of benzene rings is 1. The minimum Gasteiger partial charge on any atom is -0.481 e. The van der Waals surface area contributed by atoms with Gasteiger partial charge in [0.25, 0.3) is 5.91 Å². The molecule has 0 aromatic heterocycles. The van der Waals surface area contributed by atoms with Gasteiger partial charge in [-0.05, 0) is 43.5 Å². The summed E-state index contributed by atoms with van der Waals surface area (Å²) in [5, 5.41) is 9.55. The molecule has 1 heterocycles. The monoisotopic (exact) mass is 281 g/mol. The number of nitrogens with zero attached hydrogens (tertiary/aromatic N) is 1. The predicted octanol–water partition coefficient (Wildman–Crippen LogP) is 2.59. The zero-order valence-corrected chi connectivity index (χ0v) is 11.5. The summed E-state index contributed by atoms with van der Waals surface area (Å²) in [6, 6.07) is 5.19. The highest BCUT2D eigenvalue weighted by atomic mass is 35.5. The van der Waals surface area contributed by atoms with E-state index in [-0.39, 0.29) is 11.8 Å². The Hall–Kier alpha value is -1.55. The van der Waals surface area contributed by atoms with Crippen LogP contribution in [0.25, 0.3) is 0 Å². The molecule has 0 atom stereocenters. The average Bonchev–Trinajstić information content (AvgIpc) is 2.38. The number of amides is 1. The van der Waals surface area contributed by atoms with Crippen molar-refractivity contribution in [3.05, 3.63) is 34.3 Å². The summed E-state index contributed by atoms with van der Waals surface area (Å²) >= 11 is 5.87. The molecule has 0 radical (unpaired) electrons. The predicted molar refractivity (Wildman–Crippen MR) is 72.5 cm³/mol. The van der Waals surface area contributed by atoms with Crippen LogP contribution in [0.15, 0.2) is 18.2 Å². The van der Waals surface area contributed by atoms with Gasteiger partial charge in [0.2, 0.25) is 0 Å². The number of aliphatic carboxylic acids is 1. The molecule has 1 amide bonds. The van der Waals surface area contributed by atoms with Gasteiger partial charge in [0.1, 0.15) is 0 Å². The first kappa shape index (κ1) is 13.9. The zero-order chi connectivity index (χ0) is 14.0. The molecule has 102 valence electrons. The first-order chi connectivity index (χ1) is 8.99. The van der Waals surface area contributed by atoms with Crippen molar-refractivity contribution in [2.24, 2.45) is 5.92 Å². The molecule has 0 unspecified atom stereocenters. The molecule has 5 heteroatoms. The molecule has 19 heavy (non-hydrogen) atoms. The van der Waals surface area contributed by atoms with Crippen molar-refractivity contribution < 1.29 is 14.7 Å². The summed E-state index contributed by atoms with van der Waals surface area (Å²) in [5.74, 6) is -1.14. The number of rotatable bonds is 2. The van der Waals surface area contributed by atoms with Gasteiger partial charge >= 0.3 is 5.97 Å². The summed E-state index contributed by atoms with van der Waals surface area (Å²) in [6.07, 6.45) is 1.04. The fourth-order valence-corrected chi connectivity index (χ4v) is 2.59. The summed E-state index contributed by atoms with van der Waals surface area (Å²) < 4.78 is 0. The van der Waals surface area contributed by atoms with Crippen molar-refractivity contribution in [3.8, 4) is 0 Å². The van der Waals surface area contributed by atoms with Gasteiger partial charge in [-0.1, -0.05) is 11.6 Å². The first-order valence-electron chi connectivity index (χ1n) is 6.27. The van der Waals surface area contributed by atoms with E-state index in [0.717, 1.165) is 5.56 Å². The second-order valence-electron chi connectivity index (χ2n) is 4.86. The number of aryl methyl sites for hydroxylation is 1. The molecule has 0 aliphatic carbocycles. The van der Waals surface area contributed by atoms with E-state index < -0.39 is 5.97 Å². The lowest BCUT2D eigenvalue weighted by atomic mass is 9.96. The van der Waals surface area contributed by atoms with Crippen LogP contribution in [0.5, 0.6) is 0 Å². The summed E-state index contributed by atoms with van der Waals surface area (Å²) in [4.78, 5) is 24.9. The molecular weight excluding hydrogens is 266 g/mol. The third-order valence-electron chi connectivity index (χ3n) is 3.55. The number of carbonyl (C=O) groups excluding carboxylic acids is 1. The highest BCUT2D eigenvalue weighted by Gasteiger charge is 2.27. The summed E-state index contributed by atoms with van der Waals surface area (Å²) in [5.41, 5.74) is 1.48. The van der Waals surface area contributed by atoms with Crippen LogP contribution in [0.1, 0.15) is 28.8 Å². The molecule has 0 bridgehead atoms. The Morgan fingerprint density at radius 2 is 1.95 bits per heavy atom. The SMILES string of the molecule is Cc1cc(Cl)ccc1C(=O)N1CCC(C(=O)O)CC1. The van der Waals surface area contributed by atoms with E-state index in [9.17, 15) is 9.59 Å². The highest BCUT2D eigenvalue weighted by molar-refractivity contribution is 6.30. The summed E-state index contributed by atoms with van der Waals surface area (Å²) in [7, 11) is 0. The van der Waals surface area contributed by atoms with E-state index in [4.69, 9.17) is 16.7 Å². The Labute approximate surface area is 117 Å². The number of carboxylic acids is 1. The van der Waals surface area contributed by atoms with Crippen molar-refractivity contribution in [2.45, 2.75) is 19.8 Å². The van der Waals surface area contributed by atoms with Crippen LogP contribution in [-0.2, 0) is 4.79 Å². The van der Waals surface area contributed by atoms with Crippen LogP contribution >= 0.6 is 11.6 Å². The van der Waals surface area contributed by atoms with Gasteiger partial charge < -0.3 is 10.0 Å². The highest BCUT2D eigenvalue weighted by Crippen LogP contribution is 2.21. The molecule has 1 N–H and O–H groups in total. The lowest BCUT2D eigenvalue weighted by Gasteiger charge is -2.30. The van der Waals surface area contributed by atoms with Crippen LogP contribution in [0.2, 0.25) is 5.02 Å². The molecule has 1 aromatic carbocycles. The smallest absolute Gasteiger partial charge is 0.306 e. The van der Waals surface area contributed by atoms with Gasteiger partial charge in [0.05, 0.1) is 5.92 Å². The van der Waals surface area contributed by atoms with Crippen molar-refractivity contribution in [2.75, 3.05) is 13.1 Å². The van der Waals surface area contributed by atoms with Crippen LogP contribution in [0, 0.1) is 12.8 Å². The van der Waals surface area contributed by atoms with E-state index in [1.54, 1.807) is 23.1 Å². The lowest BCUT2D eigenvalue weighted by molar-refractivity contribution is -0.143. The number of piperidine rings is 1. The Morgan fingerprint density at radius 1 is 1.32 bits per heavy atom. The van der Waals surface area contributed by atoms with Gasteiger partial charge in [-0.25, -0.2) is 0 Å². The standard InChI is InChI=1S/C14H16ClNO3/c1-9-8-11(15)2-3-12(9)13(17)16-6-4-10(5-7-16)14(18)19/h2-3,8,10H,4-7H2,1H3,(H,18,19). The van der Waals surface area contributed by atoms with E-state index in [1.165, 1.54) is 0 Å². The molecule has 4 nitrogen and oxygen atoms in total. The number of halogens is 1. The topological polar surface area (TPSA) is 57.6 Å². The minimum atomic E-state index is -0.769. The number of hydrogen-bond donors (Lipinski definition) is 1. The maximum atomic E-state index is 12.3. The van der Waals surface area contributed by atoms with Crippen LogP contribution in [-0.4, -0.2) is 35.0 Å². The minimum absolute atomic E-state index is 0.0435. The van der Waals surface area contributed by atoms with Gasteiger partial charge in [-0.2, -0.15) is 0 Å². The number of carboxylic acid groups (broad SMARTS) is 1. The van der Waals surface area contributed by atoms with Crippen molar-refractivity contribution in [1.29, 1.82) is 0 Å². The second-order valence-corrected chi connectivity index (χ2v) is 5.30. The molecule has 1 aromatic rings. The molecular formula is C14H16ClNO3. The Morgan fingerprint density at radius 3 is 2.47 bits per heavy atom. The van der Waals surface area contributed by atoms with Crippen molar-refractivity contribution in [1.82, 2.24) is 4.90 Å². The lowest BCUT2D eigenvalue weighted by Crippen LogP contribution is -2.40. The number of carbonyl (C=O) groups is 2. The third-order valence-corrected chi connectivity index (χ3v) is 3.79. The quantitative estimate of drug-likeness (QED) is 0.906. The largest absolute Gasteiger partial charge is 0.481 e. The first-order valence-corrected chi connectivity index (χ1v) is 6.65. The van der Waals surface area contributed by atoms with E-state index in [2.05, 4.69) is 0 Å². The van der Waals surface area contributed by atoms with E-state index >= 15 is 0 Å². The van der Waals surface area contributed by atoms with E-state index in [0.29, 0.717) is 36.5 Å². The van der Waals surface area contributed by atoms with Crippen LogP contribution in [0.4, 0.5) is 0 Å². The van der Waals surface area contributed by atoms with Gasteiger partial charge in [0, 0.05) is 23.7 Å². The number of likely N-dealkylation sites (tertiary alicyclic amines) is 1. The fraction of sp³-hybridized carbons (Fsp3) is 0.429. The molecule has 0 spiro atoms. The Bertz CT molecular complexity index is 507. The van der Waals surface area contributed by atoms with Crippen LogP contribution < -0.4 is 0 Å². The Balaban J connectivity index is 2.07. The maximum absolute atomic E-state index is 12.3. The van der Waals surface area contributed by atoms with Gasteiger partial charge in [-0.3, -0.25) is 9.59 Å². The number of hydrogen-bond acceptors (Lipinski definition) is 2. The third kappa shape index (κ3) is 3.07. The molecule has 2 rings (SSSR count). The Kier molecular flexibility index (Phi) is 4.10. The molecule has 1 aliphatic rings. The van der Waals surface area contributed by atoms with Crippen molar-refractivity contribution >= 4 is 23.5 Å². The molecule has 1 fully saturated rings. The molecule has 1 aliphatic heterocycles. The normalized spacial score (nSPS) is 16.4. The van der Waals surface area contributed by atoms with Crippen molar-refractivity contribution in [3.63, 3.8) is 0 Å².